The largest absolute Gasteiger partial charge is 1.00 e. The van der Waals surface area contributed by atoms with E-state index in [0.29, 0.717) is 23.4 Å². The summed E-state index contributed by atoms with van der Waals surface area (Å²) >= 11 is 0.965. The molecule has 0 aliphatic carbocycles. The molecule has 3 rings (SSSR count). The van der Waals surface area contributed by atoms with E-state index in [9.17, 15) is 23.9 Å². The van der Waals surface area contributed by atoms with E-state index in [4.69, 9.17) is 9.47 Å². The number of dihydropyridines is 1. The average molecular weight is 605 g/mol. The molecule has 0 spiro atoms. The second kappa shape index (κ2) is 13.6. The van der Waals surface area contributed by atoms with Crippen LogP contribution in [-0.2, 0) is 25.5 Å². The number of rotatable bonds is 9. The van der Waals surface area contributed by atoms with Crippen LogP contribution in [0.15, 0.2) is 53.2 Å². The van der Waals surface area contributed by atoms with Gasteiger partial charge < -0.3 is 24.7 Å². The fourth-order valence-corrected chi connectivity index (χ4v) is 4.42. The van der Waals surface area contributed by atoms with E-state index >= 15 is 0 Å². The van der Waals surface area contributed by atoms with Gasteiger partial charge in [0, 0.05) is 16.4 Å². The molecule has 0 amide bonds. The van der Waals surface area contributed by atoms with E-state index in [0.717, 1.165) is 16.9 Å². The second-order valence-electron chi connectivity index (χ2n) is 7.06. The molecule has 0 saturated carbocycles. The van der Waals surface area contributed by atoms with Gasteiger partial charge in [-0.1, -0.05) is 30.5 Å². The third-order valence-corrected chi connectivity index (χ3v) is 6.08. The van der Waals surface area contributed by atoms with Gasteiger partial charge in [0.05, 0.1) is 13.2 Å². The quantitative estimate of drug-likeness (QED) is 0.325. The Morgan fingerprint density at radius 3 is 2.26 bits per heavy atom. The van der Waals surface area contributed by atoms with Gasteiger partial charge in [-0.2, -0.15) is 0 Å². The van der Waals surface area contributed by atoms with Gasteiger partial charge in [-0.25, -0.2) is 14.0 Å². The summed E-state index contributed by atoms with van der Waals surface area (Å²) < 4.78 is 23.7. The fraction of sp³-hybridized carbons (Fsp3) is 0.292. The number of aromatic carboxylic acids is 1. The van der Waals surface area contributed by atoms with Crippen molar-refractivity contribution in [1.82, 2.24) is 5.32 Å². The topological polar surface area (TPSA) is 102 Å². The van der Waals surface area contributed by atoms with E-state index in [-0.39, 0.29) is 104 Å². The van der Waals surface area contributed by atoms with Crippen molar-refractivity contribution in [3.8, 4) is 0 Å². The number of thiophene rings is 1. The predicted molar refractivity (Wildman–Crippen MR) is 119 cm³/mol. The van der Waals surface area contributed by atoms with Crippen LogP contribution >= 0.6 is 11.3 Å². The number of carboxylic acid groups (broad SMARTS) is 1. The molecule has 174 valence electrons. The van der Waals surface area contributed by atoms with Gasteiger partial charge in [-0.05, 0) is 55.7 Å². The summed E-state index contributed by atoms with van der Waals surface area (Å²) in [6.07, 6.45) is 3.68. The van der Waals surface area contributed by atoms with Crippen molar-refractivity contribution in [2.45, 2.75) is 32.6 Å². The number of esters is 2. The maximum atomic E-state index is 13.2. The minimum atomic E-state index is -1.11. The Bertz CT molecular complexity index is 1110. The molecule has 1 aromatic carbocycles. The third-order valence-electron chi connectivity index (χ3n) is 4.94. The van der Waals surface area contributed by atoms with Gasteiger partial charge in [0.15, 0.2) is 0 Å². The smallest absolute Gasteiger partial charge is 0.519 e. The number of carbonyl (C=O) groups excluding carboxylic acids is 2. The molecular weight excluding hydrogens is 582 g/mol. The SMILES string of the molecule is CCOC(=O)C1=[C-]NC(CCc2ccc(F)cc2)=C(C(=O)OCC)C1c1ccc(C(=O)O)s1.[Cs+]. The van der Waals surface area contributed by atoms with Crippen LogP contribution in [0.4, 0.5) is 4.39 Å². The number of nitrogens with one attached hydrogen (secondary N) is 1. The number of hydrogen-bond donors (Lipinski definition) is 2. The Hall–Kier alpha value is -1.41. The summed E-state index contributed by atoms with van der Waals surface area (Å²) in [6, 6.07) is 9.02. The zero-order valence-electron chi connectivity index (χ0n) is 19.1. The van der Waals surface area contributed by atoms with Gasteiger partial charge in [0.25, 0.3) is 0 Å². The predicted octanol–water partition coefficient (Wildman–Crippen LogP) is 0.976. The molecule has 1 aliphatic rings. The molecule has 34 heavy (non-hydrogen) atoms. The molecule has 1 unspecified atom stereocenters. The Kier molecular flexibility index (Phi) is 11.5. The van der Waals surface area contributed by atoms with Crippen molar-refractivity contribution in [2.75, 3.05) is 13.2 Å². The Morgan fingerprint density at radius 2 is 1.68 bits per heavy atom. The second-order valence-corrected chi connectivity index (χ2v) is 8.18. The molecule has 0 saturated heterocycles. The molecule has 1 aliphatic heterocycles. The van der Waals surface area contributed by atoms with Crippen LogP contribution < -0.4 is 74.2 Å². The molecule has 1 aromatic heterocycles. The van der Waals surface area contributed by atoms with Crippen molar-refractivity contribution in [2.24, 2.45) is 0 Å². The minimum absolute atomic E-state index is 0. The third kappa shape index (κ3) is 7.06. The van der Waals surface area contributed by atoms with Crippen LogP contribution in [0.5, 0.6) is 0 Å². The van der Waals surface area contributed by atoms with Gasteiger partial charge in [-0.15, -0.1) is 11.3 Å². The molecule has 2 N–H and O–H groups in total. The van der Waals surface area contributed by atoms with Crippen LogP contribution in [0.2, 0.25) is 0 Å². The van der Waals surface area contributed by atoms with Crippen LogP contribution in [-0.4, -0.2) is 36.2 Å². The molecule has 0 fully saturated rings. The number of ether oxygens (including phenoxy) is 2. The molecule has 0 radical (unpaired) electrons. The van der Waals surface area contributed by atoms with Gasteiger partial charge in [-0.3, -0.25) is 0 Å². The van der Waals surface area contributed by atoms with Gasteiger partial charge >= 0.3 is 80.8 Å². The summed E-state index contributed by atoms with van der Waals surface area (Å²) in [7, 11) is 0. The summed E-state index contributed by atoms with van der Waals surface area (Å²) in [6.45, 7) is 3.57. The van der Waals surface area contributed by atoms with E-state index in [1.807, 2.05) is 0 Å². The molecule has 0 bridgehead atoms. The summed E-state index contributed by atoms with van der Waals surface area (Å²) in [5, 5.41) is 12.3. The summed E-state index contributed by atoms with van der Waals surface area (Å²) in [5.74, 6) is -3.64. The number of halogens is 1. The molecule has 7 nitrogen and oxygen atoms in total. The fourth-order valence-electron chi connectivity index (χ4n) is 3.45. The van der Waals surface area contributed by atoms with Crippen LogP contribution in [0.3, 0.4) is 0 Å². The summed E-state index contributed by atoms with van der Waals surface area (Å²) in [5.41, 5.74) is 1.60. The van der Waals surface area contributed by atoms with Crippen molar-refractivity contribution in [1.29, 1.82) is 0 Å². The first-order chi connectivity index (χ1) is 15.8. The molecule has 2 heterocycles. The Morgan fingerprint density at radius 1 is 1.03 bits per heavy atom. The van der Waals surface area contributed by atoms with Crippen LogP contribution in [0.25, 0.3) is 0 Å². The maximum absolute atomic E-state index is 13.2. The molecule has 10 heteroatoms. The minimum Gasteiger partial charge on any atom is -0.519 e. The first-order valence-electron chi connectivity index (χ1n) is 10.4. The average Bonchev–Trinajstić information content (AvgIpc) is 3.29. The number of benzene rings is 1. The van der Waals surface area contributed by atoms with Gasteiger partial charge in [0.2, 0.25) is 5.97 Å². The molecular formula is C24H23CsFNO6S. The first-order valence-corrected chi connectivity index (χ1v) is 11.2. The van der Waals surface area contributed by atoms with E-state index in [2.05, 4.69) is 11.5 Å². The van der Waals surface area contributed by atoms with Crippen molar-refractivity contribution < 1.29 is 102 Å². The first kappa shape index (κ1) is 28.8. The monoisotopic (exact) mass is 605 g/mol. The van der Waals surface area contributed by atoms with Crippen molar-refractivity contribution >= 4 is 29.2 Å². The molecule has 2 aromatic rings. The Balaban J connectivity index is 0.00000408. The van der Waals surface area contributed by atoms with Crippen molar-refractivity contribution in [3.05, 3.63) is 80.6 Å². The molecule has 1 atom stereocenters. The van der Waals surface area contributed by atoms with Gasteiger partial charge in [0.1, 0.15) is 10.7 Å². The summed E-state index contributed by atoms with van der Waals surface area (Å²) in [4.78, 5) is 37.7. The Labute approximate surface area is 259 Å². The number of carboxylic acids is 1. The van der Waals surface area contributed by atoms with E-state index in [1.165, 1.54) is 18.2 Å². The zero-order valence-corrected chi connectivity index (χ0v) is 26.2. The standard InChI is InChI=1S/C24H23FNO6S.Cs/c1-3-31-23(29)16-13-26-17(10-7-14-5-8-15(25)9-6-14)21(24(30)32-4-2)20(16)18-11-12-19(33-18)22(27)28;/h5-6,8-9,11-12,20,26H,3-4,7,10H2,1-2H3,(H,27,28);/q-1;+1. The number of allylic oxidation sites excluding steroid dienone is 1. The van der Waals surface area contributed by atoms with Crippen LogP contribution in [0.1, 0.15) is 46.3 Å². The number of hydrogen-bond acceptors (Lipinski definition) is 7. The zero-order chi connectivity index (χ0) is 24.0. The number of aryl methyl sites for hydroxylation is 1. The van der Waals surface area contributed by atoms with E-state index in [1.54, 1.807) is 32.0 Å². The normalized spacial score (nSPS) is 15.0. The van der Waals surface area contributed by atoms with Crippen molar-refractivity contribution in [3.63, 3.8) is 0 Å². The number of carbonyl (C=O) groups is 3. The van der Waals surface area contributed by atoms with E-state index < -0.39 is 23.8 Å². The van der Waals surface area contributed by atoms with Crippen LogP contribution in [0, 0.1) is 12.0 Å². The maximum Gasteiger partial charge on any atom is 1.00 e.